The zero-order valence-electron chi connectivity index (χ0n) is 16.3. The van der Waals surface area contributed by atoms with Crippen LogP contribution in [0.3, 0.4) is 0 Å². The number of aliphatic imine (C=N–C) groups is 1. The summed E-state index contributed by atoms with van der Waals surface area (Å²) in [4.78, 5) is 6.75. The number of nitrogens with zero attached hydrogens (tertiary/aromatic N) is 2. The topological polar surface area (TPSA) is 85.8 Å². The van der Waals surface area contributed by atoms with Gasteiger partial charge in [-0.05, 0) is 25.3 Å². The molecule has 1 aliphatic heterocycles. The van der Waals surface area contributed by atoms with Crippen LogP contribution in [0.25, 0.3) is 0 Å². The smallest absolute Gasteiger partial charge is 0.208 e. The monoisotopic (exact) mass is 509 g/mol. The number of sulfonamides is 1. The van der Waals surface area contributed by atoms with Crippen molar-refractivity contribution in [2.45, 2.75) is 38.4 Å². The average Bonchev–Trinajstić information content (AvgIpc) is 2.92. The van der Waals surface area contributed by atoms with Crippen molar-refractivity contribution in [3.05, 3.63) is 35.9 Å². The summed E-state index contributed by atoms with van der Waals surface area (Å²) in [5, 5.41) is 6.72. The van der Waals surface area contributed by atoms with Crippen molar-refractivity contribution in [2.24, 2.45) is 4.99 Å². The van der Waals surface area contributed by atoms with Crippen molar-refractivity contribution in [1.29, 1.82) is 0 Å². The van der Waals surface area contributed by atoms with Crippen LogP contribution in [0.15, 0.2) is 35.3 Å². The van der Waals surface area contributed by atoms with Gasteiger partial charge >= 0.3 is 0 Å². The average molecular weight is 509 g/mol. The Kier molecular flexibility index (Phi) is 10.6. The number of hydrogen-bond acceptors (Lipinski definition) is 4. The molecular weight excluding hydrogens is 477 g/mol. The fourth-order valence-corrected chi connectivity index (χ4v) is 3.70. The maximum Gasteiger partial charge on any atom is 0.208 e. The first-order chi connectivity index (χ1) is 12.4. The Bertz CT molecular complexity index is 684. The first-order valence-electron chi connectivity index (χ1n) is 9.07. The predicted molar refractivity (Wildman–Crippen MR) is 122 cm³/mol. The molecule has 3 N–H and O–H groups in total. The number of nitrogens with one attached hydrogen (secondary N) is 3. The second-order valence-electron chi connectivity index (χ2n) is 6.86. The first-order valence-corrected chi connectivity index (χ1v) is 11.0. The third kappa shape index (κ3) is 9.22. The van der Waals surface area contributed by atoms with Crippen molar-refractivity contribution in [1.82, 2.24) is 20.3 Å². The molecule has 27 heavy (non-hydrogen) atoms. The van der Waals surface area contributed by atoms with Gasteiger partial charge < -0.3 is 10.6 Å². The van der Waals surface area contributed by atoms with E-state index in [0.717, 1.165) is 25.5 Å². The largest absolute Gasteiger partial charge is 0.356 e. The van der Waals surface area contributed by atoms with Crippen molar-refractivity contribution in [2.75, 3.05) is 32.9 Å². The standard InChI is InChI=1S/C18H31N5O2S.HI/c1-15-12-17(14-23(15)13-16-8-5-4-6-9-16)22-18(19-2)20-10-7-11-21-26(3,24)25;/h4-6,8-9,15,17,21H,7,10-14H2,1-3H3,(H2,19,20,22);1H. The Morgan fingerprint density at radius 3 is 2.59 bits per heavy atom. The highest BCUT2D eigenvalue weighted by Gasteiger charge is 2.29. The van der Waals surface area contributed by atoms with Gasteiger partial charge in [0.15, 0.2) is 5.96 Å². The van der Waals surface area contributed by atoms with Crippen LogP contribution in [-0.4, -0.2) is 64.3 Å². The van der Waals surface area contributed by atoms with Crippen LogP contribution in [0.5, 0.6) is 0 Å². The molecule has 1 aromatic rings. The fourth-order valence-electron chi connectivity index (χ4n) is 3.18. The summed E-state index contributed by atoms with van der Waals surface area (Å²) in [6.45, 7) is 5.29. The van der Waals surface area contributed by atoms with Crippen LogP contribution in [0.2, 0.25) is 0 Å². The SMILES string of the molecule is CN=C(NCCCNS(C)(=O)=O)NC1CC(C)N(Cc2ccccc2)C1.I. The maximum atomic E-state index is 11.0. The maximum absolute atomic E-state index is 11.0. The van der Waals surface area contributed by atoms with E-state index < -0.39 is 10.0 Å². The summed E-state index contributed by atoms with van der Waals surface area (Å²) in [6.07, 6.45) is 2.95. The van der Waals surface area contributed by atoms with Gasteiger partial charge in [-0.3, -0.25) is 9.89 Å². The summed E-state index contributed by atoms with van der Waals surface area (Å²) in [6, 6.07) is 11.4. The van der Waals surface area contributed by atoms with E-state index >= 15 is 0 Å². The molecular formula is C18H32IN5O2S. The highest BCUT2D eigenvalue weighted by molar-refractivity contribution is 14.0. The van der Waals surface area contributed by atoms with Crippen molar-refractivity contribution in [3.8, 4) is 0 Å². The molecule has 0 spiro atoms. The molecule has 2 unspecified atom stereocenters. The lowest BCUT2D eigenvalue weighted by Crippen LogP contribution is -2.45. The lowest BCUT2D eigenvalue weighted by atomic mass is 10.2. The molecule has 0 radical (unpaired) electrons. The molecule has 9 heteroatoms. The zero-order chi connectivity index (χ0) is 19.0. The Labute approximate surface area is 180 Å². The summed E-state index contributed by atoms with van der Waals surface area (Å²) in [5.74, 6) is 0.767. The molecule has 1 saturated heterocycles. The Morgan fingerprint density at radius 2 is 1.96 bits per heavy atom. The van der Waals surface area contributed by atoms with Crippen molar-refractivity contribution in [3.63, 3.8) is 0 Å². The van der Waals surface area contributed by atoms with E-state index in [2.05, 4.69) is 56.4 Å². The zero-order valence-corrected chi connectivity index (χ0v) is 19.5. The first kappa shape index (κ1) is 24.1. The minimum absolute atomic E-state index is 0. The second kappa shape index (κ2) is 11.8. The second-order valence-corrected chi connectivity index (χ2v) is 8.69. The van der Waals surface area contributed by atoms with Crippen LogP contribution in [0.4, 0.5) is 0 Å². The molecule has 1 heterocycles. The third-order valence-electron chi connectivity index (χ3n) is 4.51. The number of halogens is 1. The number of rotatable bonds is 8. The highest BCUT2D eigenvalue weighted by atomic mass is 127. The quantitative estimate of drug-likeness (QED) is 0.213. The molecule has 0 saturated carbocycles. The Hall–Kier alpha value is -0.910. The molecule has 2 atom stereocenters. The molecule has 0 bridgehead atoms. The van der Waals surface area contributed by atoms with Gasteiger partial charge in [-0.15, -0.1) is 24.0 Å². The van der Waals surface area contributed by atoms with E-state index in [0.29, 0.717) is 31.6 Å². The van der Waals surface area contributed by atoms with Gasteiger partial charge in [-0.25, -0.2) is 13.1 Å². The Morgan fingerprint density at radius 1 is 1.26 bits per heavy atom. The van der Waals surface area contributed by atoms with Crippen molar-refractivity contribution < 1.29 is 8.42 Å². The summed E-state index contributed by atoms with van der Waals surface area (Å²) >= 11 is 0. The normalized spacial score (nSPS) is 20.9. The molecule has 1 aliphatic rings. The number of hydrogen-bond donors (Lipinski definition) is 3. The van der Waals surface area contributed by atoms with E-state index in [1.807, 2.05) is 6.07 Å². The van der Waals surface area contributed by atoms with E-state index in [4.69, 9.17) is 0 Å². The molecule has 7 nitrogen and oxygen atoms in total. The Balaban J connectivity index is 0.00000364. The van der Waals surface area contributed by atoms with Gasteiger partial charge in [0.1, 0.15) is 0 Å². The van der Waals surface area contributed by atoms with E-state index in [9.17, 15) is 8.42 Å². The summed E-state index contributed by atoms with van der Waals surface area (Å²) < 4.78 is 24.6. The summed E-state index contributed by atoms with van der Waals surface area (Å²) in [7, 11) is -1.36. The number of likely N-dealkylation sites (tertiary alicyclic amines) is 1. The highest BCUT2D eigenvalue weighted by Crippen LogP contribution is 2.20. The van der Waals surface area contributed by atoms with Crippen LogP contribution >= 0.6 is 24.0 Å². The van der Waals surface area contributed by atoms with Crippen LogP contribution in [-0.2, 0) is 16.6 Å². The molecule has 1 aromatic carbocycles. The molecule has 2 rings (SSSR count). The van der Waals surface area contributed by atoms with Gasteiger partial charge in [-0.2, -0.15) is 0 Å². The molecule has 1 fully saturated rings. The van der Waals surface area contributed by atoms with E-state index in [1.54, 1.807) is 7.05 Å². The van der Waals surface area contributed by atoms with Gasteiger partial charge in [-0.1, -0.05) is 30.3 Å². The van der Waals surface area contributed by atoms with Gasteiger partial charge in [0.05, 0.1) is 6.26 Å². The number of benzene rings is 1. The lowest BCUT2D eigenvalue weighted by Gasteiger charge is -2.21. The van der Waals surface area contributed by atoms with E-state index in [-0.39, 0.29) is 24.0 Å². The third-order valence-corrected chi connectivity index (χ3v) is 5.24. The van der Waals surface area contributed by atoms with Crippen LogP contribution in [0.1, 0.15) is 25.3 Å². The van der Waals surface area contributed by atoms with Gasteiger partial charge in [0.25, 0.3) is 0 Å². The predicted octanol–water partition coefficient (Wildman–Crippen LogP) is 1.37. The van der Waals surface area contributed by atoms with Crippen molar-refractivity contribution >= 4 is 40.0 Å². The summed E-state index contributed by atoms with van der Waals surface area (Å²) in [5.41, 5.74) is 1.33. The van der Waals surface area contributed by atoms with E-state index in [1.165, 1.54) is 11.8 Å². The van der Waals surface area contributed by atoms with Gasteiger partial charge in [0.2, 0.25) is 10.0 Å². The molecule has 154 valence electrons. The molecule has 0 aliphatic carbocycles. The van der Waals surface area contributed by atoms with Gasteiger partial charge in [0, 0.05) is 45.3 Å². The fraction of sp³-hybridized carbons (Fsp3) is 0.611. The molecule has 0 amide bonds. The van der Waals surface area contributed by atoms with Crippen LogP contribution < -0.4 is 15.4 Å². The molecule has 0 aromatic heterocycles. The number of guanidine groups is 1. The minimum atomic E-state index is -3.12. The lowest BCUT2D eigenvalue weighted by molar-refractivity contribution is 0.258. The minimum Gasteiger partial charge on any atom is -0.356 e. The van der Waals surface area contributed by atoms with Crippen LogP contribution in [0, 0.1) is 0 Å².